The first-order valence-electron chi connectivity index (χ1n) is 7.96. The van der Waals surface area contributed by atoms with Gasteiger partial charge in [-0.1, -0.05) is 34.1 Å². The molecule has 0 radical (unpaired) electrons. The number of amides is 1. The van der Waals surface area contributed by atoms with Gasteiger partial charge >= 0.3 is 0 Å². The van der Waals surface area contributed by atoms with Gasteiger partial charge in [-0.15, -0.1) is 0 Å². The second-order valence-corrected chi connectivity index (χ2v) is 6.95. The van der Waals surface area contributed by atoms with Crippen LogP contribution in [0.1, 0.15) is 25.3 Å². The fourth-order valence-electron chi connectivity index (χ4n) is 2.47. The van der Waals surface area contributed by atoms with E-state index in [1.807, 2.05) is 13.0 Å². The van der Waals surface area contributed by atoms with Gasteiger partial charge in [-0.3, -0.25) is 4.79 Å². The molecule has 0 bridgehead atoms. The standard InChI is InChI=1S/C17H25BrN4O/c1-4-19-16(20-11-15(23)22(2)3)21-12-17(9-10-17)13-7-5-6-8-14(13)18/h5-8H,4,9-12H2,1-3H3,(H2,19,20,21). The summed E-state index contributed by atoms with van der Waals surface area (Å²) in [5.41, 5.74) is 1.51. The van der Waals surface area contributed by atoms with Crippen molar-refractivity contribution in [1.29, 1.82) is 0 Å². The van der Waals surface area contributed by atoms with Crippen molar-refractivity contribution in [3.8, 4) is 0 Å². The minimum Gasteiger partial charge on any atom is -0.357 e. The Kier molecular flexibility index (Phi) is 6.04. The molecule has 23 heavy (non-hydrogen) atoms. The molecule has 1 aliphatic carbocycles. The van der Waals surface area contributed by atoms with Gasteiger partial charge in [0.2, 0.25) is 5.91 Å². The summed E-state index contributed by atoms with van der Waals surface area (Å²) in [6, 6.07) is 8.38. The minimum atomic E-state index is -0.00542. The Morgan fingerprint density at radius 3 is 2.57 bits per heavy atom. The summed E-state index contributed by atoms with van der Waals surface area (Å²) in [5.74, 6) is 0.690. The number of carbonyl (C=O) groups excluding carboxylic acids is 1. The molecule has 5 nitrogen and oxygen atoms in total. The SMILES string of the molecule is CCNC(=NCC(=O)N(C)C)NCC1(c2ccccc2Br)CC1. The second kappa shape index (κ2) is 7.81. The maximum Gasteiger partial charge on any atom is 0.243 e. The van der Waals surface area contributed by atoms with Crippen molar-refractivity contribution in [1.82, 2.24) is 15.5 Å². The van der Waals surface area contributed by atoms with Crippen LogP contribution in [0.15, 0.2) is 33.7 Å². The molecular weight excluding hydrogens is 356 g/mol. The van der Waals surface area contributed by atoms with Crippen molar-refractivity contribution in [2.45, 2.75) is 25.2 Å². The first-order valence-corrected chi connectivity index (χ1v) is 8.75. The van der Waals surface area contributed by atoms with Crippen LogP contribution in [0.4, 0.5) is 0 Å². The van der Waals surface area contributed by atoms with Gasteiger partial charge in [0.15, 0.2) is 5.96 Å². The summed E-state index contributed by atoms with van der Waals surface area (Å²) in [4.78, 5) is 17.6. The zero-order valence-corrected chi connectivity index (χ0v) is 15.6. The van der Waals surface area contributed by atoms with Gasteiger partial charge < -0.3 is 15.5 Å². The third-order valence-electron chi connectivity index (χ3n) is 4.11. The van der Waals surface area contributed by atoms with E-state index in [1.165, 1.54) is 18.4 Å². The van der Waals surface area contributed by atoms with Crippen LogP contribution in [0.2, 0.25) is 0 Å². The first kappa shape index (κ1) is 17.8. The smallest absolute Gasteiger partial charge is 0.243 e. The Labute approximate surface area is 146 Å². The third-order valence-corrected chi connectivity index (χ3v) is 4.80. The molecule has 1 saturated carbocycles. The van der Waals surface area contributed by atoms with Crippen LogP contribution in [-0.4, -0.2) is 50.5 Å². The first-order chi connectivity index (χ1) is 11.0. The van der Waals surface area contributed by atoms with Crippen molar-refractivity contribution < 1.29 is 4.79 Å². The molecule has 1 amide bonds. The quantitative estimate of drug-likeness (QED) is 0.586. The molecule has 0 atom stereocenters. The van der Waals surface area contributed by atoms with E-state index in [2.05, 4.69) is 49.8 Å². The molecule has 0 unspecified atom stereocenters. The van der Waals surface area contributed by atoms with E-state index in [0.29, 0.717) is 5.96 Å². The zero-order valence-electron chi connectivity index (χ0n) is 14.0. The van der Waals surface area contributed by atoms with Crippen molar-refractivity contribution in [3.63, 3.8) is 0 Å². The average Bonchev–Trinajstić information content (AvgIpc) is 3.31. The van der Waals surface area contributed by atoms with Crippen LogP contribution in [0.25, 0.3) is 0 Å². The van der Waals surface area contributed by atoms with Crippen LogP contribution in [0.5, 0.6) is 0 Å². The minimum absolute atomic E-state index is 0.00542. The van der Waals surface area contributed by atoms with Crippen molar-refractivity contribution in [3.05, 3.63) is 34.3 Å². The van der Waals surface area contributed by atoms with Gasteiger partial charge in [0, 0.05) is 37.1 Å². The molecule has 126 valence electrons. The Morgan fingerprint density at radius 2 is 2.00 bits per heavy atom. The highest BCUT2D eigenvalue weighted by Crippen LogP contribution is 2.49. The number of rotatable bonds is 6. The van der Waals surface area contributed by atoms with Crippen molar-refractivity contribution >= 4 is 27.8 Å². The zero-order chi connectivity index (χ0) is 16.9. The predicted octanol–water partition coefficient (Wildman–Crippen LogP) is 2.12. The Hall–Kier alpha value is -1.56. The maximum atomic E-state index is 11.7. The monoisotopic (exact) mass is 380 g/mol. The molecule has 1 aromatic rings. The molecule has 1 aromatic carbocycles. The van der Waals surface area contributed by atoms with Crippen LogP contribution >= 0.6 is 15.9 Å². The Morgan fingerprint density at radius 1 is 1.30 bits per heavy atom. The number of nitrogens with zero attached hydrogens (tertiary/aromatic N) is 2. The highest BCUT2D eigenvalue weighted by Gasteiger charge is 2.45. The molecule has 6 heteroatoms. The molecule has 0 heterocycles. The summed E-state index contributed by atoms with van der Waals surface area (Å²) >= 11 is 3.65. The molecular formula is C17H25BrN4O. The van der Waals surface area contributed by atoms with Crippen LogP contribution in [0, 0.1) is 0 Å². The van der Waals surface area contributed by atoms with Gasteiger partial charge in [0.1, 0.15) is 6.54 Å². The van der Waals surface area contributed by atoms with Gasteiger partial charge in [-0.05, 0) is 31.4 Å². The Bertz CT molecular complexity index is 582. The molecule has 0 spiro atoms. The maximum absolute atomic E-state index is 11.7. The average molecular weight is 381 g/mol. The number of hydrogen-bond donors (Lipinski definition) is 2. The number of nitrogens with one attached hydrogen (secondary N) is 2. The molecule has 2 rings (SSSR count). The van der Waals surface area contributed by atoms with Gasteiger partial charge in [-0.25, -0.2) is 4.99 Å². The van der Waals surface area contributed by atoms with Crippen molar-refractivity contribution in [2.75, 3.05) is 33.7 Å². The summed E-state index contributed by atoms with van der Waals surface area (Å²) < 4.78 is 1.16. The molecule has 0 aliphatic heterocycles. The van der Waals surface area contributed by atoms with E-state index in [1.54, 1.807) is 19.0 Å². The fourth-order valence-corrected chi connectivity index (χ4v) is 3.17. The lowest BCUT2D eigenvalue weighted by Gasteiger charge is -2.20. The second-order valence-electron chi connectivity index (χ2n) is 6.10. The van der Waals surface area contributed by atoms with E-state index in [-0.39, 0.29) is 17.9 Å². The summed E-state index contributed by atoms with van der Waals surface area (Å²) in [7, 11) is 3.48. The Balaban J connectivity index is 2.00. The summed E-state index contributed by atoms with van der Waals surface area (Å²) in [5, 5.41) is 6.59. The largest absolute Gasteiger partial charge is 0.357 e. The lowest BCUT2D eigenvalue weighted by molar-refractivity contribution is -0.127. The third kappa shape index (κ3) is 4.70. The van der Waals surface area contributed by atoms with Gasteiger partial charge in [0.25, 0.3) is 0 Å². The van der Waals surface area contributed by atoms with E-state index < -0.39 is 0 Å². The van der Waals surface area contributed by atoms with E-state index in [4.69, 9.17) is 0 Å². The topological polar surface area (TPSA) is 56.7 Å². The highest BCUT2D eigenvalue weighted by atomic mass is 79.9. The number of carbonyl (C=O) groups is 1. The highest BCUT2D eigenvalue weighted by molar-refractivity contribution is 9.10. The molecule has 0 saturated heterocycles. The molecule has 2 N–H and O–H groups in total. The predicted molar refractivity (Wildman–Crippen MR) is 97.7 cm³/mol. The molecule has 1 fully saturated rings. The van der Waals surface area contributed by atoms with E-state index >= 15 is 0 Å². The summed E-state index contributed by atoms with van der Waals surface area (Å²) in [6.45, 7) is 3.76. The number of guanidine groups is 1. The molecule has 1 aliphatic rings. The lowest BCUT2D eigenvalue weighted by atomic mass is 9.96. The van der Waals surface area contributed by atoms with Crippen LogP contribution in [-0.2, 0) is 10.2 Å². The number of aliphatic imine (C=N–C) groups is 1. The van der Waals surface area contributed by atoms with Gasteiger partial charge in [0.05, 0.1) is 0 Å². The number of halogens is 1. The number of benzene rings is 1. The van der Waals surface area contributed by atoms with E-state index in [0.717, 1.165) is 17.6 Å². The normalized spacial score (nSPS) is 15.9. The van der Waals surface area contributed by atoms with Gasteiger partial charge in [-0.2, -0.15) is 0 Å². The van der Waals surface area contributed by atoms with E-state index in [9.17, 15) is 4.79 Å². The fraction of sp³-hybridized carbons (Fsp3) is 0.529. The summed E-state index contributed by atoms with van der Waals surface area (Å²) in [6.07, 6.45) is 2.33. The lowest BCUT2D eigenvalue weighted by Crippen LogP contribution is -2.42. The van der Waals surface area contributed by atoms with Crippen molar-refractivity contribution in [2.24, 2.45) is 4.99 Å². The van der Waals surface area contributed by atoms with Crippen LogP contribution in [0.3, 0.4) is 0 Å². The van der Waals surface area contributed by atoms with Crippen LogP contribution < -0.4 is 10.6 Å². The molecule has 0 aromatic heterocycles. The number of likely N-dealkylation sites (N-methyl/N-ethyl adjacent to an activating group) is 1. The number of hydrogen-bond acceptors (Lipinski definition) is 2.